The smallest absolute Gasteiger partial charge is 0.0850 e. The lowest BCUT2D eigenvalue weighted by Gasteiger charge is -2.06. The zero-order valence-corrected chi connectivity index (χ0v) is 10.8. The van der Waals surface area contributed by atoms with E-state index in [9.17, 15) is 0 Å². The van der Waals surface area contributed by atoms with Gasteiger partial charge in [0, 0.05) is 25.6 Å². The van der Waals surface area contributed by atoms with E-state index in [1.54, 1.807) is 0 Å². The molecule has 0 radical (unpaired) electrons. The van der Waals surface area contributed by atoms with Crippen LogP contribution >= 0.6 is 11.6 Å². The molecule has 1 fully saturated rings. The molecule has 1 N–H and O–H groups in total. The molecule has 0 aromatic carbocycles. The summed E-state index contributed by atoms with van der Waals surface area (Å²) in [5, 5.41) is 8.90. The summed E-state index contributed by atoms with van der Waals surface area (Å²) in [6, 6.07) is 0.766. The van der Waals surface area contributed by atoms with Gasteiger partial charge in [0.2, 0.25) is 0 Å². The van der Waals surface area contributed by atoms with E-state index in [2.05, 4.69) is 24.3 Å². The van der Waals surface area contributed by atoms with E-state index in [0.29, 0.717) is 0 Å². The number of nitrogens with one attached hydrogen (secondary N) is 1. The molecule has 0 aliphatic heterocycles. The summed E-state index contributed by atoms with van der Waals surface area (Å²) in [7, 11) is 0. The van der Waals surface area contributed by atoms with Gasteiger partial charge in [-0.1, -0.05) is 18.5 Å². The molecule has 0 atom stereocenters. The average molecular weight is 242 g/mol. The Morgan fingerprint density at radius 1 is 1.44 bits per heavy atom. The van der Waals surface area contributed by atoms with Gasteiger partial charge in [0.25, 0.3) is 0 Å². The largest absolute Gasteiger partial charge is 0.314 e. The Bertz CT molecular complexity index is 355. The first kappa shape index (κ1) is 11.9. The Labute approximate surface area is 102 Å². The zero-order valence-electron chi connectivity index (χ0n) is 10.1. The van der Waals surface area contributed by atoms with Gasteiger partial charge in [-0.15, -0.1) is 0 Å². The number of aromatic nitrogens is 2. The van der Waals surface area contributed by atoms with Gasteiger partial charge in [0.1, 0.15) is 0 Å². The van der Waals surface area contributed by atoms with Crippen LogP contribution in [0.2, 0.25) is 5.02 Å². The molecule has 1 aromatic heterocycles. The first-order chi connectivity index (χ1) is 7.76. The maximum atomic E-state index is 6.33. The highest BCUT2D eigenvalue weighted by atomic mass is 35.5. The average Bonchev–Trinajstić information content (AvgIpc) is 3.05. The Morgan fingerprint density at radius 2 is 2.19 bits per heavy atom. The van der Waals surface area contributed by atoms with Crippen molar-refractivity contribution in [3.05, 3.63) is 16.4 Å². The van der Waals surface area contributed by atoms with E-state index < -0.39 is 0 Å². The van der Waals surface area contributed by atoms with Gasteiger partial charge in [-0.2, -0.15) is 5.10 Å². The minimum atomic E-state index is 0.766. The quantitative estimate of drug-likeness (QED) is 0.829. The fraction of sp³-hybridized carbons (Fsp3) is 0.750. The lowest BCUT2D eigenvalue weighted by atomic mass is 10.2. The second kappa shape index (κ2) is 5.19. The molecule has 0 bridgehead atoms. The first-order valence-corrected chi connectivity index (χ1v) is 6.61. The Hall–Kier alpha value is -0.540. The fourth-order valence-corrected chi connectivity index (χ4v) is 2.30. The number of halogens is 1. The number of rotatable bonds is 6. The lowest BCUT2D eigenvalue weighted by molar-refractivity contribution is 0.592. The van der Waals surface area contributed by atoms with E-state index in [1.807, 2.05) is 4.68 Å². The molecule has 0 saturated heterocycles. The van der Waals surface area contributed by atoms with Gasteiger partial charge >= 0.3 is 0 Å². The van der Waals surface area contributed by atoms with Crippen LogP contribution in [0.4, 0.5) is 0 Å². The zero-order chi connectivity index (χ0) is 11.5. The molecule has 90 valence electrons. The van der Waals surface area contributed by atoms with Crippen molar-refractivity contribution in [3.8, 4) is 0 Å². The van der Waals surface area contributed by atoms with Crippen LogP contribution in [0, 0.1) is 0 Å². The fourth-order valence-electron chi connectivity index (χ4n) is 1.94. The molecule has 1 aliphatic carbocycles. The second-order valence-electron chi connectivity index (χ2n) is 4.36. The lowest BCUT2D eigenvalue weighted by Crippen LogP contribution is -2.20. The minimum absolute atomic E-state index is 0.766. The predicted molar refractivity (Wildman–Crippen MR) is 67.0 cm³/mol. The molecular weight excluding hydrogens is 222 g/mol. The molecule has 1 aliphatic rings. The third-order valence-electron chi connectivity index (χ3n) is 3.07. The van der Waals surface area contributed by atoms with Gasteiger partial charge in [0.15, 0.2) is 0 Å². The molecule has 0 spiro atoms. The second-order valence-corrected chi connectivity index (χ2v) is 4.73. The number of aryl methyl sites for hydroxylation is 2. The number of nitrogens with zero attached hydrogens (tertiary/aromatic N) is 2. The first-order valence-electron chi connectivity index (χ1n) is 6.23. The molecule has 2 rings (SSSR count). The standard InChI is InChI=1S/C12H20ClN3/c1-3-10-12(13)11(16(4-2)15-10)7-8-14-9-5-6-9/h9,14H,3-8H2,1-2H3. The Balaban J connectivity index is 2.01. The van der Waals surface area contributed by atoms with Gasteiger partial charge < -0.3 is 5.32 Å². The van der Waals surface area contributed by atoms with E-state index in [0.717, 1.165) is 42.7 Å². The molecule has 1 aromatic rings. The summed E-state index contributed by atoms with van der Waals surface area (Å²) in [6.45, 7) is 6.12. The molecule has 3 nitrogen and oxygen atoms in total. The van der Waals surface area contributed by atoms with Crippen LogP contribution in [0.25, 0.3) is 0 Å². The van der Waals surface area contributed by atoms with Gasteiger partial charge in [0.05, 0.1) is 16.4 Å². The van der Waals surface area contributed by atoms with Gasteiger partial charge in [-0.3, -0.25) is 4.68 Å². The maximum absolute atomic E-state index is 6.33. The van der Waals surface area contributed by atoms with Crippen molar-refractivity contribution < 1.29 is 0 Å². The summed E-state index contributed by atoms with van der Waals surface area (Å²) in [6.07, 6.45) is 4.56. The van der Waals surface area contributed by atoms with Crippen LogP contribution in [-0.2, 0) is 19.4 Å². The van der Waals surface area contributed by atoms with Crippen LogP contribution in [0.1, 0.15) is 38.1 Å². The molecule has 1 saturated carbocycles. The van der Waals surface area contributed by atoms with E-state index >= 15 is 0 Å². The van der Waals surface area contributed by atoms with E-state index in [-0.39, 0.29) is 0 Å². The van der Waals surface area contributed by atoms with Crippen molar-refractivity contribution in [1.29, 1.82) is 0 Å². The Morgan fingerprint density at radius 3 is 2.75 bits per heavy atom. The van der Waals surface area contributed by atoms with Crippen molar-refractivity contribution in [2.45, 2.75) is 52.1 Å². The van der Waals surface area contributed by atoms with Crippen LogP contribution in [0.3, 0.4) is 0 Å². The van der Waals surface area contributed by atoms with Crippen LogP contribution < -0.4 is 5.32 Å². The van der Waals surface area contributed by atoms with Gasteiger partial charge in [-0.25, -0.2) is 0 Å². The normalized spacial score (nSPS) is 15.7. The third kappa shape index (κ3) is 2.58. The summed E-state index contributed by atoms with van der Waals surface area (Å²) in [5.74, 6) is 0. The van der Waals surface area contributed by atoms with Crippen molar-refractivity contribution in [1.82, 2.24) is 15.1 Å². The number of hydrogen-bond donors (Lipinski definition) is 1. The molecule has 4 heteroatoms. The topological polar surface area (TPSA) is 29.9 Å². The summed E-state index contributed by atoms with van der Waals surface area (Å²) >= 11 is 6.33. The maximum Gasteiger partial charge on any atom is 0.0850 e. The van der Waals surface area contributed by atoms with Gasteiger partial charge in [-0.05, 0) is 26.2 Å². The monoisotopic (exact) mass is 241 g/mol. The molecule has 0 unspecified atom stereocenters. The van der Waals surface area contributed by atoms with Crippen molar-refractivity contribution in [3.63, 3.8) is 0 Å². The van der Waals surface area contributed by atoms with Crippen LogP contribution in [0.5, 0.6) is 0 Å². The molecule has 1 heterocycles. The Kier molecular flexibility index (Phi) is 3.87. The van der Waals surface area contributed by atoms with Crippen LogP contribution in [0.15, 0.2) is 0 Å². The van der Waals surface area contributed by atoms with Crippen molar-refractivity contribution >= 4 is 11.6 Å². The van der Waals surface area contributed by atoms with Crippen molar-refractivity contribution in [2.75, 3.05) is 6.54 Å². The molecule has 0 amide bonds. The van der Waals surface area contributed by atoms with Crippen LogP contribution in [-0.4, -0.2) is 22.4 Å². The molecule has 16 heavy (non-hydrogen) atoms. The van der Waals surface area contributed by atoms with E-state index in [1.165, 1.54) is 18.5 Å². The summed E-state index contributed by atoms with van der Waals surface area (Å²) in [4.78, 5) is 0. The van der Waals surface area contributed by atoms with Crippen molar-refractivity contribution in [2.24, 2.45) is 0 Å². The summed E-state index contributed by atoms with van der Waals surface area (Å²) in [5.41, 5.74) is 2.22. The SMILES string of the molecule is CCc1nn(CC)c(CCNC2CC2)c1Cl. The highest BCUT2D eigenvalue weighted by Gasteiger charge is 2.20. The highest BCUT2D eigenvalue weighted by molar-refractivity contribution is 6.31. The predicted octanol–water partition coefficient (Wildman–Crippen LogP) is 2.41. The minimum Gasteiger partial charge on any atom is -0.314 e. The van der Waals surface area contributed by atoms with E-state index in [4.69, 9.17) is 11.6 Å². The molecular formula is C12H20ClN3. The number of hydrogen-bond acceptors (Lipinski definition) is 2. The third-order valence-corrected chi connectivity index (χ3v) is 3.50. The summed E-state index contributed by atoms with van der Waals surface area (Å²) < 4.78 is 2.04. The highest BCUT2D eigenvalue weighted by Crippen LogP contribution is 2.23.